The third kappa shape index (κ3) is 2.57. The summed E-state index contributed by atoms with van der Waals surface area (Å²) >= 11 is 0. The first-order valence-electron chi connectivity index (χ1n) is 6.43. The highest BCUT2D eigenvalue weighted by Gasteiger charge is 2.56. The lowest BCUT2D eigenvalue weighted by Gasteiger charge is -2.27. The number of nitrogens with zero attached hydrogens (tertiary/aromatic N) is 2. The van der Waals surface area contributed by atoms with E-state index in [1.165, 1.54) is 13.0 Å². The maximum atomic E-state index is 12.3. The zero-order chi connectivity index (χ0) is 16.5. The highest BCUT2D eigenvalue weighted by atomic mass is 19.1. The summed E-state index contributed by atoms with van der Waals surface area (Å²) in [6.45, 7) is -0.155. The molecule has 1 saturated heterocycles. The summed E-state index contributed by atoms with van der Waals surface area (Å²) in [5.41, 5.74) is 2.66. The Hall–Kier alpha value is -1.99. The monoisotopic (exact) mass is 313 g/mol. The summed E-state index contributed by atoms with van der Waals surface area (Å²) in [4.78, 5) is 15.6. The largest absolute Gasteiger partial charge is 0.394 e. The maximum Gasteiger partial charge on any atom is 0.351 e. The average molecular weight is 313 g/mol. The lowest BCUT2D eigenvalue weighted by atomic mass is 9.94. The molecular formula is C13H16FN3O5. The van der Waals surface area contributed by atoms with Gasteiger partial charge < -0.3 is 25.8 Å². The fourth-order valence-corrected chi connectivity index (χ4v) is 2.40. The Morgan fingerprint density at radius 1 is 1.64 bits per heavy atom. The summed E-state index contributed by atoms with van der Waals surface area (Å²) in [6.07, 6.45) is -4.28. The zero-order valence-electron chi connectivity index (χ0n) is 11.7. The first-order valence-corrected chi connectivity index (χ1v) is 6.43. The molecule has 1 aromatic heterocycles. The molecule has 1 aliphatic rings. The van der Waals surface area contributed by atoms with Gasteiger partial charge in [0.25, 0.3) is 0 Å². The van der Waals surface area contributed by atoms with Crippen molar-refractivity contribution in [2.45, 2.75) is 31.0 Å². The van der Waals surface area contributed by atoms with Gasteiger partial charge in [-0.2, -0.15) is 4.98 Å². The van der Waals surface area contributed by atoms with Crippen molar-refractivity contribution in [1.29, 1.82) is 0 Å². The van der Waals surface area contributed by atoms with E-state index >= 15 is 0 Å². The van der Waals surface area contributed by atoms with Crippen LogP contribution in [0.3, 0.4) is 0 Å². The van der Waals surface area contributed by atoms with E-state index in [-0.39, 0.29) is 5.82 Å². The molecule has 5 N–H and O–H groups in total. The quantitative estimate of drug-likeness (QED) is 0.468. The fraction of sp³-hybridized carbons (Fsp3) is 0.538. The van der Waals surface area contributed by atoms with Gasteiger partial charge in [-0.1, -0.05) is 11.8 Å². The maximum absolute atomic E-state index is 12.3. The first-order chi connectivity index (χ1) is 10.3. The number of hydrogen-bond acceptors (Lipinski definition) is 7. The van der Waals surface area contributed by atoms with Crippen LogP contribution >= 0.6 is 0 Å². The van der Waals surface area contributed by atoms with Crippen molar-refractivity contribution in [3.05, 3.63) is 22.2 Å². The van der Waals surface area contributed by atoms with Gasteiger partial charge in [-0.05, 0) is 13.0 Å². The molecule has 120 valence electrons. The fourth-order valence-electron chi connectivity index (χ4n) is 2.40. The molecule has 0 bridgehead atoms. The highest BCUT2D eigenvalue weighted by molar-refractivity contribution is 5.30. The molecule has 1 fully saturated rings. The van der Waals surface area contributed by atoms with Gasteiger partial charge in [0.15, 0.2) is 11.8 Å². The number of ether oxygens (including phenoxy) is 1. The minimum absolute atomic E-state index is 0.0191. The van der Waals surface area contributed by atoms with Gasteiger partial charge in [-0.3, -0.25) is 4.57 Å². The van der Waals surface area contributed by atoms with Crippen LogP contribution in [0.25, 0.3) is 0 Å². The summed E-state index contributed by atoms with van der Waals surface area (Å²) in [5.74, 6) is 4.15. The molecule has 0 aromatic carbocycles. The Morgan fingerprint density at radius 3 is 2.86 bits per heavy atom. The molecule has 8 nitrogen and oxygen atoms in total. The van der Waals surface area contributed by atoms with E-state index in [0.717, 1.165) is 4.57 Å². The number of rotatable bonds is 2. The predicted octanol–water partition coefficient (Wildman–Crippen LogP) is -1.91. The SMILES string of the molecule is Cc1cc(N)nc(=O)n1C1OC(CO)[C@H](O)C1(O)C#CCF. The Bertz CT molecular complexity index is 682. The normalized spacial score (nSPS) is 30.9. The number of aliphatic hydroxyl groups is 3. The molecule has 3 unspecified atom stereocenters. The minimum atomic E-state index is -2.27. The number of aliphatic hydroxyl groups excluding tert-OH is 2. The summed E-state index contributed by atoms with van der Waals surface area (Å²) < 4.78 is 18.6. The van der Waals surface area contributed by atoms with Crippen molar-refractivity contribution in [3.8, 4) is 11.8 Å². The lowest BCUT2D eigenvalue weighted by Crippen LogP contribution is -2.48. The van der Waals surface area contributed by atoms with Crippen molar-refractivity contribution in [2.75, 3.05) is 19.0 Å². The molecule has 4 atom stereocenters. The van der Waals surface area contributed by atoms with Gasteiger partial charge in [-0.15, -0.1) is 0 Å². The number of halogens is 1. The standard InChI is InChI=1S/C13H16FN3O5/c1-7-5-9(15)16-12(20)17(7)11-13(21,3-2-4-14)10(19)8(6-18)22-11/h5,8,10-11,18-19,21H,4,6H2,1H3,(H2,15,16,20)/t8?,10-,11?,13?/m0/s1. The molecule has 0 saturated carbocycles. The number of nitrogen functional groups attached to an aromatic ring is 1. The van der Waals surface area contributed by atoms with Gasteiger partial charge in [0, 0.05) is 5.69 Å². The number of alkyl halides is 1. The second-order valence-corrected chi connectivity index (χ2v) is 4.89. The van der Waals surface area contributed by atoms with Crippen molar-refractivity contribution in [2.24, 2.45) is 0 Å². The van der Waals surface area contributed by atoms with Gasteiger partial charge in [-0.25, -0.2) is 9.18 Å². The Labute approximate surface area is 125 Å². The summed E-state index contributed by atoms with van der Waals surface area (Å²) in [5, 5.41) is 29.9. The number of anilines is 1. The van der Waals surface area contributed by atoms with Gasteiger partial charge in [0.05, 0.1) is 6.61 Å². The van der Waals surface area contributed by atoms with E-state index in [1.807, 2.05) is 5.92 Å². The van der Waals surface area contributed by atoms with Crippen molar-refractivity contribution < 1.29 is 24.4 Å². The third-order valence-corrected chi connectivity index (χ3v) is 3.42. The van der Waals surface area contributed by atoms with E-state index < -0.39 is 43.0 Å². The van der Waals surface area contributed by atoms with E-state index in [0.29, 0.717) is 5.69 Å². The molecule has 2 heterocycles. The highest BCUT2D eigenvalue weighted by Crippen LogP contribution is 2.38. The van der Waals surface area contributed by atoms with Crippen LogP contribution in [-0.4, -0.2) is 56.0 Å². The van der Waals surface area contributed by atoms with Crippen LogP contribution in [0.1, 0.15) is 11.9 Å². The molecule has 1 aliphatic heterocycles. The van der Waals surface area contributed by atoms with Crippen LogP contribution in [0.5, 0.6) is 0 Å². The van der Waals surface area contributed by atoms with Crippen LogP contribution in [0, 0.1) is 18.8 Å². The van der Waals surface area contributed by atoms with Crippen molar-refractivity contribution in [3.63, 3.8) is 0 Å². The third-order valence-electron chi connectivity index (χ3n) is 3.42. The first kappa shape index (κ1) is 16.4. The van der Waals surface area contributed by atoms with E-state index in [2.05, 4.69) is 10.9 Å². The molecule has 1 aromatic rings. The van der Waals surface area contributed by atoms with Gasteiger partial charge >= 0.3 is 5.69 Å². The molecule has 0 amide bonds. The van der Waals surface area contributed by atoms with Crippen LogP contribution < -0.4 is 11.4 Å². The molecule has 0 aliphatic carbocycles. The van der Waals surface area contributed by atoms with Gasteiger partial charge in [0.1, 0.15) is 24.7 Å². The zero-order valence-corrected chi connectivity index (χ0v) is 11.7. The van der Waals surface area contributed by atoms with Crippen LogP contribution in [0.2, 0.25) is 0 Å². The lowest BCUT2D eigenvalue weighted by molar-refractivity contribution is -0.0774. The molecule has 0 spiro atoms. The summed E-state index contributed by atoms with van der Waals surface area (Å²) in [6, 6.07) is 1.37. The molecule has 9 heteroatoms. The van der Waals surface area contributed by atoms with Crippen LogP contribution in [-0.2, 0) is 4.74 Å². The van der Waals surface area contributed by atoms with Crippen molar-refractivity contribution >= 4 is 5.82 Å². The van der Waals surface area contributed by atoms with Gasteiger partial charge in [0.2, 0.25) is 0 Å². The molecule has 22 heavy (non-hydrogen) atoms. The Balaban J connectivity index is 2.59. The second kappa shape index (κ2) is 6.02. The predicted molar refractivity (Wildman–Crippen MR) is 73.3 cm³/mol. The van der Waals surface area contributed by atoms with E-state index in [9.17, 15) is 24.5 Å². The topological polar surface area (TPSA) is 131 Å². The Kier molecular flexibility index (Phi) is 4.48. The van der Waals surface area contributed by atoms with Crippen molar-refractivity contribution in [1.82, 2.24) is 9.55 Å². The van der Waals surface area contributed by atoms with E-state index in [4.69, 9.17) is 10.5 Å². The number of hydrogen-bond donors (Lipinski definition) is 4. The average Bonchev–Trinajstić information content (AvgIpc) is 2.69. The summed E-state index contributed by atoms with van der Waals surface area (Å²) in [7, 11) is 0. The second-order valence-electron chi connectivity index (χ2n) is 4.89. The molecule has 2 rings (SSSR count). The molecular weight excluding hydrogens is 297 g/mol. The number of aryl methyl sites for hydroxylation is 1. The Morgan fingerprint density at radius 2 is 2.32 bits per heavy atom. The number of nitrogens with two attached hydrogens (primary N) is 1. The van der Waals surface area contributed by atoms with Crippen LogP contribution in [0.15, 0.2) is 10.9 Å². The minimum Gasteiger partial charge on any atom is -0.394 e. The number of aromatic nitrogens is 2. The van der Waals surface area contributed by atoms with Crippen LogP contribution in [0.4, 0.5) is 10.2 Å². The smallest absolute Gasteiger partial charge is 0.351 e. The van der Waals surface area contributed by atoms with E-state index in [1.54, 1.807) is 0 Å². The molecule has 0 radical (unpaired) electrons.